The zero-order valence-electron chi connectivity index (χ0n) is 15.6. The van der Waals surface area contributed by atoms with Crippen molar-refractivity contribution in [1.29, 1.82) is 0 Å². The maximum absolute atomic E-state index is 12.8. The van der Waals surface area contributed by atoms with E-state index in [1.807, 2.05) is 25.1 Å². The first-order valence-electron chi connectivity index (χ1n) is 9.44. The second-order valence-electron chi connectivity index (χ2n) is 7.57. The van der Waals surface area contributed by atoms with Crippen molar-refractivity contribution >= 4 is 34.7 Å². The first kappa shape index (κ1) is 19.2. The Kier molecular flexibility index (Phi) is 5.31. The number of carbonyl (C=O) groups excluding carboxylic acids is 1. The largest absolute Gasteiger partial charge is 0.511 e. The molecule has 0 fully saturated rings. The molecule has 0 saturated heterocycles. The predicted molar refractivity (Wildman–Crippen MR) is 114 cm³/mol. The molecule has 1 unspecified atom stereocenters. The summed E-state index contributed by atoms with van der Waals surface area (Å²) in [5.74, 6) is -0.0600. The van der Waals surface area contributed by atoms with Crippen molar-refractivity contribution in [3.8, 4) is 0 Å². The van der Waals surface area contributed by atoms with Crippen molar-refractivity contribution < 1.29 is 9.90 Å². The predicted octanol–water partition coefficient (Wildman–Crippen LogP) is 5.88. The van der Waals surface area contributed by atoms with Crippen molar-refractivity contribution in [3.05, 3.63) is 80.5 Å². The highest BCUT2D eigenvalue weighted by Crippen LogP contribution is 2.36. The molecule has 0 spiro atoms. The van der Waals surface area contributed by atoms with Crippen LogP contribution in [0.3, 0.4) is 0 Å². The minimum absolute atomic E-state index is 0.0726. The summed E-state index contributed by atoms with van der Waals surface area (Å²) in [4.78, 5) is 17.6. The number of hydrogen-bond acceptors (Lipinski definition) is 3. The summed E-state index contributed by atoms with van der Waals surface area (Å²) in [6.45, 7) is 1.83. The highest BCUT2D eigenvalue weighted by atomic mass is 35.5. The van der Waals surface area contributed by atoms with Crippen LogP contribution in [0.5, 0.6) is 0 Å². The number of carbonyl (C=O) groups is 1. The molecule has 5 heteroatoms. The van der Waals surface area contributed by atoms with Crippen LogP contribution in [0.25, 0.3) is 0 Å². The number of hydrogen-bond donors (Lipinski definition) is 1. The molecule has 0 aliphatic heterocycles. The molecular weight excluding hydrogens is 393 g/mol. The van der Waals surface area contributed by atoms with Gasteiger partial charge in [0, 0.05) is 18.6 Å². The van der Waals surface area contributed by atoms with Gasteiger partial charge in [-0.05, 0) is 54.5 Å². The minimum Gasteiger partial charge on any atom is -0.511 e. The van der Waals surface area contributed by atoms with Crippen LogP contribution in [0.2, 0.25) is 10.0 Å². The standard InChI is InChI=1S/C23H21Cl2NO2/c1-13(26-18-8-14-4-2-3-5-15(14)9-18)23-21(27)11-17(12-22(23)28)16-6-7-19(24)20(25)10-16/h2-7,10,17-18,27H,8-9,11-12H2,1H3. The zero-order valence-corrected chi connectivity index (χ0v) is 17.1. The second kappa shape index (κ2) is 7.73. The van der Waals surface area contributed by atoms with Crippen LogP contribution in [0.4, 0.5) is 0 Å². The monoisotopic (exact) mass is 413 g/mol. The number of aliphatic imine (C=N–C) groups is 1. The molecule has 1 N–H and O–H groups in total. The van der Waals surface area contributed by atoms with Gasteiger partial charge in [0.15, 0.2) is 5.78 Å². The zero-order chi connectivity index (χ0) is 19.8. The van der Waals surface area contributed by atoms with Crippen molar-refractivity contribution in [2.24, 2.45) is 4.99 Å². The summed E-state index contributed by atoms with van der Waals surface area (Å²) >= 11 is 12.1. The fourth-order valence-corrected chi connectivity index (χ4v) is 4.58. The quantitative estimate of drug-likeness (QED) is 0.638. The van der Waals surface area contributed by atoms with Gasteiger partial charge in [-0.2, -0.15) is 0 Å². The van der Waals surface area contributed by atoms with Crippen LogP contribution in [0, 0.1) is 0 Å². The van der Waals surface area contributed by atoms with Crippen LogP contribution in [-0.2, 0) is 17.6 Å². The topological polar surface area (TPSA) is 49.7 Å². The molecule has 2 aliphatic rings. The number of aliphatic hydroxyl groups excluding tert-OH is 1. The normalized spacial score (nSPS) is 20.6. The lowest BCUT2D eigenvalue weighted by Crippen LogP contribution is -2.23. The van der Waals surface area contributed by atoms with E-state index in [4.69, 9.17) is 28.2 Å². The highest BCUT2D eigenvalue weighted by molar-refractivity contribution is 6.42. The molecular formula is C23H21Cl2NO2. The van der Waals surface area contributed by atoms with Crippen LogP contribution >= 0.6 is 23.2 Å². The average molecular weight is 414 g/mol. The molecule has 0 amide bonds. The number of benzene rings is 2. The summed E-state index contributed by atoms with van der Waals surface area (Å²) in [5, 5.41) is 11.6. The van der Waals surface area contributed by atoms with Crippen LogP contribution in [0.1, 0.15) is 42.4 Å². The molecule has 144 valence electrons. The molecule has 1 atom stereocenters. The smallest absolute Gasteiger partial charge is 0.168 e. The van der Waals surface area contributed by atoms with Crippen LogP contribution < -0.4 is 0 Å². The Morgan fingerprint density at radius 3 is 2.29 bits per heavy atom. The number of ketones is 1. The van der Waals surface area contributed by atoms with Crippen molar-refractivity contribution in [2.45, 2.75) is 44.6 Å². The van der Waals surface area contributed by atoms with Gasteiger partial charge in [-0.25, -0.2) is 0 Å². The van der Waals surface area contributed by atoms with Crippen molar-refractivity contribution in [1.82, 2.24) is 0 Å². The van der Waals surface area contributed by atoms with Gasteiger partial charge in [-0.1, -0.05) is 53.5 Å². The lowest BCUT2D eigenvalue weighted by Gasteiger charge is -2.24. The molecule has 2 aliphatic carbocycles. The third-order valence-corrected chi connectivity index (χ3v) is 6.36. The lowest BCUT2D eigenvalue weighted by molar-refractivity contribution is -0.116. The Morgan fingerprint density at radius 2 is 1.68 bits per heavy atom. The maximum Gasteiger partial charge on any atom is 0.168 e. The number of rotatable bonds is 3. The van der Waals surface area contributed by atoms with Gasteiger partial charge in [-0.3, -0.25) is 9.79 Å². The number of fused-ring (bicyclic) bond motifs is 1. The molecule has 0 radical (unpaired) electrons. The van der Waals surface area contributed by atoms with Gasteiger partial charge in [0.2, 0.25) is 0 Å². The molecule has 28 heavy (non-hydrogen) atoms. The summed E-state index contributed by atoms with van der Waals surface area (Å²) in [6.07, 6.45) is 2.48. The van der Waals surface area contributed by atoms with Gasteiger partial charge >= 0.3 is 0 Å². The fraction of sp³-hybridized carbons (Fsp3) is 0.304. The Bertz CT molecular complexity index is 984. The van der Waals surface area contributed by atoms with E-state index in [0.29, 0.717) is 34.2 Å². The minimum atomic E-state index is -0.102. The second-order valence-corrected chi connectivity index (χ2v) is 8.38. The average Bonchev–Trinajstić information content (AvgIpc) is 3.05. The van der Waals surface area contributed by atoms with Crippen LogP contribution in [0.15, 0.2) is 58.8 Å². The summed E-state index contributed by atoms with van der Waals surface area (Å²) in [5.41, 5.74) is 4.56. The third kappa shape index (κ3) is 3.74. The summed E-state index contributed by atoms with van der Waals surface area (Å²) in [6, 6.07) is 13.8. The Balaban J connectivity index is 1.55. The van der Waals surface area contributed by atoms with E-state index in [-0.39, 0.29) is 23.5 Å². The Hall–Kier alpha value is -2.10. The van der Waals surface area contributed by atoms with E-state index < -0.39 is 0 Å². The molecule has 0 saturated carbocycles. The van der Waals surface area contributed by atoms with E-state index >= 15 is 0 Å². The maximum atomic E-state index is 12.8. The first-order valence-corrected chi connectivity index (χ1v) is 10.2. The molecule has 4 rings (SSSR count). The van der Waals surface area contributed by atoms with Gasteiger partial charge in [-0.15, -0.1) is 0 Å². The van der Waals surface area contributed by atoms with Gasteiger partial charge < -0.3 is 5.11 Å². The van der Waals surface area contributed by atoms with Gasteiger partial charge in [0.05, 0.1) is 21.7 Å². The number of allylic oxidation sites excluding steroid dienone is 2. The van der Waals surface area contributed by atoms with Crippen LogP contribution in [-0.4, -0.2) is 22.6 Å². The number of Topliss-reactive ketones (excluding diaryl/α,β-unsaturated/α-hetero) is 1. The number of aliphatic hydroxyl groups is 1. The van der Waals surface area contributed by atoms with Crippen molar-refractivity contribution in [3.63, 3.8) is 0 Å². The summed E-state index contributed by atoms with van der Waals surface area (Å²) in [7, 11) is 0. The lowest BCUT2D eigenvalue weighted by atomic mass is 9.81. The van der Waals surface area contributed by atoms with E-state index in [1.165, 1.54) is 11.1 Å². The molecule has 0 heterocycles. The molecule has 3 nitrogen and oxygen atoms in total. The Morgan fingerprint density at radius 1 is 1.00 bits per heavy atom. The third-order valence-electron chi connectivity index (χ3n) is 5.62. The van der Waals surface area contributed by atoms with E-state index in [2.05, 4.69) is 12.1 Å². The highest BCUT2D eigenvalue weighted by Gasteiger charge is 2.31. The molecule has 2 aromatic carbocycles. The number of nitrogens with zero attached hydrogens (tertiary/aromatic N) is 1. The van der Waals surface area contributed by atoms with Gasteiger partial charge in [0.25, 0.3) is 0 Å². The van der Waals surface area contributed by atoms with E-state index in [1.54, 1.807) is 12.1 Å². The van der Waals surface area contributed by atoms with Crippen molar-refractivity contribution in [2.75, 3.05) is 0 Å². The van der Waals surface area contributed by atoms with Gasteiger partial charge in [0.1, 0.15) is 5.76 Å². The SMILES string of the molecule is CC(=NC1Cc2ccccc2C1)C1=C(O)CC(c2ccc(Cl)c(Cl)c2)CC1=O. The summed E-state index contributed by atoms with van der Waals surface area (Å²) < 4.78 is 0. The fourth-order valence-electron chi connectivity index (χ4n) is 4.27. The molecule has 0 bridgehead atoms. The first-order chi connectivity index (χ1) is 13.4. The van der Waals surface area contributed by atoms with E-state index in [0.717, 1.165) is 18.4 Å². The number of halogens is 2. The Labute approximate surface area is 174 Å². The molecule has 2 aromatic rings. The van der Waals surface area contributed by atoms with E-state index in [9.17, 15) is 9.90 Å². The molecule has 0 aromatic heterocycles.